The minimum absolute atomic E-state index is 0.0272. The van der Waals surface area contributed by atoms with E-state index in [9.17, 15) is 18.0 Å². The van der Waals surface area contributed by atoms with E-state index in [-0.39, 0.29) is 43.9 Å². The van der Waals surface area contributed by atoms with Crippen molar-refractivity contribution in [3.05, 3.63) is 52.3 Å². The van der Waals surface area contributed by atoms with Gasteiger partial charge in [-0.05, 0) is 57.7 Å². The molecule has 1 aliphatic heterocycles. The molecule has 0 unspecified atom stereocenters. The summed E-state index contributed by atoms with van der Waals surface area (Å²) in [5.41, 5.74) is 8.15. The number of aromatic nitrogens is 2. The fourth-order valence-corrected chi connectivity index (χ4v) is 7.40. The lowest BCUT2D eigenvalue weighted by Gasteiger charge is -2.35. The summed E-state index contributed by atoms with van der Waals surface area (Å²) in [4.78, 5) is 28.1. The molecule has 11 nitrogen and oxygen atoms in total. The molecule has 3 N–H and O–H groups in total. The van der Waals surface area contributed by atoms with Crippen molar-refractivity contribution in [1.29, 1.82) is 5.26 Å². The van der Waals surface area contributed by atoms with E-state index >= 15 is 0 Å². The van der Waals surface area contributed by atoms with Crippen LogP contribution >= 0.6 is 0 Å². The summed E-state index contributed by atoms with van der Waals surface area (Å²) in [6.07, 6.45) is 1.36. The van der Waals surface area contributed by atoms with Crippen molar-refractivity contribution in [1.82, 2.24) is 20.0 Å². The summed E-state index contributed by atoms with van der Waals surface area (Å²) in [6.45, 7) is 6.04. The van der Waals surface area contributed by atoms with Crippen molar-refractivity contribution in [2.75, 3.05) is 26.3 Å². The molecule has 0 radical (unpaired) electrons. The van der Waals surface area contributed by atoms with Gasteiger partial charge in [0.05, 0.1) is 34.3 Å². The molecule has 1 aliphatic carbocycles. The molecule has 12 heteroatoms. The molecule has 210 valence electrons. The van der Waals surface area contributed by atoms with Gasteiger partial charge in [0.2, 0.25) is 0 Å². The number of sulfone groups is 1. The Morgan fingerprint density at radius 2 is 1.97 bits per heavy atom. The molecule has 1 aromatic carbocycles. The van der Waals surface area contributed by atoms with Crippen LogP contribution in [-0.4, -0.2) is 76.8 Å². The highest BCUT2D eigenvalue weighted by molar-refractivity contribution is 7.94. The van der Waals surface area contributed by atoms with Crippen LogP contribution in [0, 0.1) is 11.3 Å². The van der Waals surface area contributed by atoms with Crippen molar-refractivity contribution >= 4 is 21.7 Å². The zero-order valence-electron chi connectivity index (χ0n) is 22.9. The Kier molecular flexibility index (Phi) is 7.89. The maximum atomic E-state index is 13.7. The van der Waals surface area contributed by atoms with Crippen molar-refractivity contribution in [2.45, 2.75) is 62.1 Å². The first-order valence-electron chi connectivity index (χ1n) is 13.0. The predicted molar refractivity (Wildman–Crippen MR) is 145 cm³/mol. The van der Waals surface area contributed by atoms with Gasteiger partial charge < -0.3 is 20.7 Å². The van der Waals surface area contributed by atoms with Gasteiger partial charge in [-0.2, -0.15) is 10.4 Å². The van der Waals surface area contributed by atoms with Crippen molar-refractivity contribution in [3.63, 3.8) is 0 Å². The molecule has 2 heterocycles. The number of amides is 2. The van der Waals surface area contributed by atoms with Gasteiger partial charge in [-0.3, -0.25) is 14.3 Å². The van der Waals surface area contributed by atoms with Crippen LogP contribution in [0.5, 0.6) is 0 Å². The first-order chi connectivity index (χ1) is 18.3. The molecule has 2 aliphatic rings. The SMILES string of the molecule is C[C@H](N)COCC(C)(C)S(=O)(=O)C1(CN2CCc3c(C(=O)NCc4ccc(C#N)cc4)nn(C)c3C2=O)CC1. The number of benzene rings is 1. The maximum Gasteiger partial charge on any atom is 0.272 e. The van der Waals surface area contributed by atoms with Crippen molar-refractivity contribution in [2.24, 2.45) is 12.8 Å². The average Bonchev–Trinajstić information content (AvgIpc) is 3.60. The van der Waals surface area contributed by atoms with Gasteiger partial charge in [-0.1, -0.05) is 12.1 Å². The van der Waals surface area contributed by atoms with Crippen LogP contribution in [0.15, 0.2) is 24.3 Å². The third kappa shape index (κ3) is 5.57. The van der Waals surface area contributed by atoms with E-state index in [2.05, 4.69) is 16.5 Å². The zero-order valence-corrected chi connectivity index (χ0v) is 23.7. The Labute approximate surface area is 229 Å². The molecular formula is C27H36N6O5S. The van der Waals surface area contributed by atoms with E-state index in [1.165, 1.54) is 4.68 Å². The van der Waals surface area contributed by atoms with E-state index < -0.39 is 25.2 Å². The third-order valence-electron chi connectivity index (χ3n) is 7.43. The van der Waals surface area contributed by atoms with Gasteiger partial charge in [0.25, 0.3) is 11.8 Å². The first kappa shape index (κ1) is 28.7. The minimum atomic E-state index is -3.65. The molecule has 39 heavy (non-hydrogen) atoms. The Morgan fingerprint density at radius 3 is 2.56 bits per heavy atom. The lowest BCUT2D eigenvalue weighted by Crippen LogP contribution is -2.52. The van der Waals surface area contributed by atoms with Crippen molar-refractivity contribution in [3.8, 4) is 6.07 Å². The van der Waals surface area contributed by atoms with Gasteiger partial charge in [0.15, 0.2) is 15.5 Å². The van der Waals surface area contributed by atoms with E-state index in [0.717, 1.165) is 5.56 Å². The highest BCUT2D eigenvalue weighted by atomic mass is 32.2. The molecule has 2 amide bonds. The molecule has 1 aromatic heterocycles. The Hall–Kier alpha value is -3.27. The molecule has 0 saturated heterocycles. The number of nitrogens with zero attached hydrogens (tertiary/aromatic N) is 4. The monoisotopic (exact) mass is 556 g/mol. The van der Waals surface area contributed by atoms with Gasteiger partial charge in [0.1, 0.15) is 5.69 Å². The second kappa shape index (κ2) is 10.7. The van der Waals surface area contributed by atoms with Gasteiger partial charge in [-0.15, -0.1) is 0 Å². The summed E-state index contributed by atoms with van der Waals surface area (Å²) in [5.74, 6) is -0.725. The number of hydrogen-bond acceptors (Lipinski definition) is 8. The first-order valence-corrected chi connectivity index (χ1v) is 14.5. The van der Waals surface area contributed by atoms with E-state index in [1.807, 2.05) is 0 Å². The van der Waals surface area contributed by atoms with E-state index in [1.54, 1.807) is 57.0 Å². The quantitative estimate of drug-likeness (QED) is 0.419. The molecule has 1 fully saturated rings. The number of aryl methyl sites for hydroxylation is 1. The van der Waals surface area contributed by atoms with Crippen LogP contribution in [0.25, 0.3) is 0 Å². The maximum absolute atomic E-state index is 13.7. The third-order valence-corrected chi connectivity index (χ3v) is 10.7. The molecule has 2 aromatic rings. The highest BCUT2D eigenvalue weighted by Crippen LogP contribution is 2.49. The summed E-state index contributed by atoms with van der Waals surface area (Å²) in [7, 11) is -2.03. The molecule has 1 atom stereocenters. The Bertz CT molecular complexity index is 1400. The number of carbonyl (C=O) groups is 2. The molecular weight excluding hydrogens is 520 g/mol. The summed E-state index contributed by atoms with van der Waals surface area (Å²) >= 11 is 0. The molecule has 0 bridgehead atoms. The number of carbonyl (C=O) groups excluding carboxylic acids is 2. The van der Waals surface area contributed by atoms with Crippen LogP contribution in [0.4, 0.5) is 0 Å². The number of nitrogens with two attached hydrogens (primary N) is 1. The fraction of sp³-hybridized carbons (Fsp3) is 0.556. The number of hydrogen-bond donors (Lipinski definition) is 2. The highest BCUT2D eigenvalue weighted by Gasteiger charge is 2.61. The van der Waals surface area contributed by atoms with Crippen molar-refractivity contribution < 1.29 is 22.7 Å². The lowest BCUT2D eigenvalue weighted by molar-refractivity contribution is 0.0723. The molecule has 1 saturated carbocycles. The second-order valence-corrected chi connectivity index (χ2v) is 14.2. The fourth-order valence-electron chi connectivity index (χ4n) is 5.02. The predicted octanol–water partition coefficient (Wildman–Crippen LogP) is 1.31. The topological polar surface area (TPSA) is 160 Å². The number of fused-ring (bicyclic) bond motifs is 1. The summed E-state index contributed by atoms with van der Waals surface area (Å²) in [5, 5.41) is 16.1. The van der Waals surface area contributed by atoms with Crippen LogP contribution < -0.4 is 11.1 Å². The summed E-state index contributed by atoms with van der Waals surface area (Å²) in [6, 6.07) is 8.75. The standard InChI is InChI=1S/C27H36N6O5S/c1-18(29)15-38-17-26(2,3)39(36,37)27(10-11-27)16-33-12-9-21-22(31-32(4)23(21)25(33)35)24(34)30-14-20-7-5-19(13-28)6-8-20/h5-8,18H,9-12,14-17,29H2,1-4H3,(H,30,34)/t18-/m0/s1. The van der Waals surface area contributed by atoms with Gasteiger partial charge in [0, 0.05) is 38.3 Å². The normalized spacial score (nSPS) is 17.3. The van der Waals surface area contributed by atoms with Gasteiger partial charge >= 0.3 is 0 Å². The van der Waals surface area contributed by atoms with E-state index in [0.29, 0.717) is 42.6 Å². The number of nitrogens with one attached hydrogen (secondary N) is 1. The second-order valence-electron chi connectivity index (χ2n) is 11.2. The minimum Gasteiger partial charge on any atom is -0.378 e. The Balaban J connectivity index is 1.46. The number of rotatable bonds is 11. The number of nitriles is 1. The van der Waals surface area contributed by atoms with Crippen LogP contribution in [0.1, 0.15) is 71.3 Å². The zero-order chi connectivity index (χ0) is 28.6. The van der Waals surface area contributed by atoms with Crippen LogP contribution in [0.3, 0.4) is 0 Å². The summed E-state index contributed by atoms with van der Waals surface area (Å²) < 4.78 is 32.2. The number of ether oxygens (including phenoxy) is 1. The van der Waals surface area contributed by atoms with Crippen LogP contribution in [-0.2, 0) is 34.6 Å². The molecule has 0 spiro atoms. The smallest absolute Gasteiger partial charge is 0.272 e. The van der Waals surface area contributed by atoms with E-state index in [4.69, 9.17) is 15.7 Å². The lowest BCUT2D eigenvalue weighted by atomic mass is 10.0. The average molecular weight is 557 g/mol. The van der Waals surface area contributed by atoms with Crippen LogP contribution in [0.2, 0.25) is 0 Å². The molecule has 4 rings (SSSR count). The Morgan fingerprint density at radius 1 is 1.31 bits per heavy atom. The largest absolute Gasteiger partial charge is 0.378 e. The van der Waals surface area contributed by atoms with Gasteiger partial charge in [-0.25, -0.2) is 8.42 Å².